The Morgan fingerprint density at radius 3 is 2.72 bits per heavy atom. The van der Waals surface area contributed by atoms with Gasteiger partial charge in [0.1, 0.15) is 17.7 Å². The Hall–Kier alpha value is -3.74. The van der Waals surface area contributed by atoms with Crippen molar-refractivity contribution in [2.45, 2.75) is 25.4 Å². The highest BCUT2D eigenvalue weighted by atomic mass is 19.1. The number of pyridine rings is 1. The molecule has 7 heteroatoms. The van der Waals surface area contributed by atoms with E-state index in [0.717, 1.165) is 23.2 Å². The van der Waals surface area contributed by atoms with E-state index < -0.39 is 6.04 Å². The lowest BCUT2D eigenvalue weighted by Crippen LogP contribution is -2.35. The van der Waals surface area contributed by atoms with Gasteiger partial charge in [-0.15, -0.1) is 0 Å². The SMILES string of the molecule is O=C1C(Nc2ncccc2C(=O)N2CCc3ccccc32)CCN1Cc1ccc(F)cc1. The number of carbonyl (C=O) groups excluding carboxylic acids is 2. The number of anilines is 2. The van der Waals surface area contributed by atoms with E-state index in [0.29, 0.717) is 37.4 Å². The normalized spacial score (nSPS) is 17.5. The fourth-order valence-electron chi connectivity index (χ4n) is 4.39. The third kappa shape index (κ3) is 3.82. The minimum Gasteiger partial charge on any atom is -0.358 e. The summed E-state index contributed by atoms with van der Waals surface area (Å²) in [6.07, 6.45) is 3.05. The number of aromatic nitrogens is 1. The van der Waals surface area contributed by atoms with Crippen LogP contribution in [0.2, 0.25) is 0 Å². The molecule has 3 heterocycles. The number of fused-ring (bicyclic) bond motifs is 1. The molecule has 1 unspecified atom stereocenters. The second-order valence-electron chi connectivity index (χ2n) is 8.11. The Kier molecular flexibility index (Phi) is 5.31. The summed E-state index contributed by atoms with van der Waals surface area (Å²) in [5.41, 5.74) is 3.41. The van der Waals surface area contributed by atoms with Gasteiger partial charge in [0.2, 0.25) is 5.91 Å². The molecule has 0 saturated carbocycles. The number of carbonyl (C=O) groups is 2. The summed E-state index contributed by atoms with van der Waals surface area (Å²) in [6, 6.07) is 17.1. The van der Waals surface area contributed by atoms with Crippen molar-refractivity contribution in [2.24, 2.45) is 0 Å². The first kappa shape index (κ1) is 20.2. The summed E-state index contributed by atoms with van der Waals surface area (Å²) in [4.78, 5) is 34.2. The molecule has 3 aromatic rings. The number of rotatable bonds is 5. The van der Waals surface area contributed by atoms with E-state index in [1.165, 1.54) is 12.1 Å². The van der Waals surface area contributed by atoms with Gasteiger partial charge in [-0.05, 0) is 54.3 Å². The number of hydrogen-bond donors (Lipinski definition) is 1. The Balaban J connectivity index is 1.31. The van der Waals surface area contributed by atoms with Gasteiger partial charge in [-0.25, -0.2) is 9.37 Å². The first-order valence-corrected chi connectivity index (χ1v) is 10.7. The van der Waals surface area contributed by atoms with Gasteiger partial charge < -0.3 is 15.1 Å². The zero-order valence-corrected chi connectivity index (χ0v) is 17.5. The molecule has 0 bridgehead atoms. The van der Waals surface area contributed by atoms with Gasteiger partial charge in [-0.3, -0.25) is 9.59 Å². The Bertz CT molecular complexity index is 1160. The maximum Gasteiger partial charge on any atom is 0.262 e. The fraction of sp³-hybridized carbons (Fsp3) is 0.240. The van der Waals surface area contributed by atoms with Crippen LogP contribution in [0.15, 0.2) is 66.9 Å². The van der Waals surface area contributed by atoms with Gasteiger partial charge in [0, 0.05) is 31.5 Å². The second kappa shape index (κ2) is 8.42. The van der Waals surface area contributed by atoms with Gasteiger partial charge in [0.25, 0.3) is 5.91 Å². The summed E-state index contributed by atoms with van der Waals surface area (Å²) in [5, 5.41) is 3.20. The van der Waals surface area contributed by atoms with E-state index in [1.807, 2.05) is 24.3 Å². The van der Waals surface area contributed by atoms with E-state index >= 15 is 0 Å². The van der Waals surface area contributed by atoms with E-state index in [9.17, 15) is 14.0 Å². The minimum atomic E-state index is -0.456. The van der Waals surface area contributed by atoms with Crippen molar-refractivity contribution in [2.75, 3.05) is 23.3 Å². The van der Waals surface area contributed by atoms with Crippen LogP contribution < -0.4 is 10.2 Å². The van der Waals surface area contributed by atoms with Crippen LogP contribution in [0.3, 0.4) is 0 Å². The molecule has 1 atom stereocenters. The van der Waals surface area contributed by atoms with Crippen molar-refractivity contribution in [1.82, 2.24) is 9.88 Å². The number of nitrogens with one attached hydrogen (secondary N) is 1. The topological polar surface area (TPSA) is 65.5 Å². The smallest absolute Gasteiger partial charge is 0.262 e. The molecule has 1 fully saturated rings. The number of halogens is 1. The van der Waals surface area contributed by atoms with Crippen LogP contribution in [-0.4, -0.2) is 40.8 Å². The Morgan fingerprint density at radius 2 is 1.88 bits per heavy atom. The van der Waals surface area contributed by atoms with Crippen LogP contribution >= 0.6 is 0 Å². The van der Waals surface area contributed by atoms with Crippen LogP contribution in [0.4, 0.5) is 15.9 Å². The fourth-order valence-corrected chi connectivity index (χ4v) is 4.39. The molecule has 2 amide bonds. The second-order valence-corrected chi connectivity index (χ2v) is 8.11. The molecule has 1 aromatic heterocycles. The molecule has 2 aromatic carbocycles. The number of benzene rings is 2. The maximum atomic E-state index is 13.3. The van der Waals surface area contributed by atoms with Crippen LogP contribution in [0.5, 0.6) is 0 Å². The van der Waals surface area contributed by atoms with Crippen LogP contribution in [0, 0.1) is 5.82 Å². The highest BCUT2D eigenvalue weighted by molar-refractivity contribution is 6.10. The van der Waals surface area contributed by atoms with E-state index in [-0.39, 0.29) is 17.6 Å². The number of hydrogen-bond acceptors (Lipinski definition) is 4. The molecular weight excluding hydrogens is 407 g/mol. The molecule has 2 aliphatic heterocycles. The van der Waals surface area contributed by atoms with Gasteiger partial charge in [0.05, 0.1) is 5.56 Å². The van der Waals surface area contributed by atoms with Crippen molar-refractivity contribution in [1.29, 1.82) is 0 Å². The molecule has 0 radical (unpaired) electrons. The van der Waals surface area contributed by atoms with E-state index in [2.05, 4.69) is 10.3 Å². The monoisotopic (exact) mass is 430 g/mol. The molecule has 6 nitrogen and oxygen atoms in total. The minimum absolute atomic E-state index is 0.0510. The predicted molar refractivity (Wildman–Crippen MR) is 120 cm³/mol. The average Bonchev–Trinajstić information content (AvgIpc) is 3.39. The number of para-hydroxylation sites is 1. The molecule has 2 aliphatic rings. The van der Waals surface area contributed by atoms with Crippen LogP contribution in [-0.2, 0) is 17.8 Å². The van der Waals surface area contributed by atoms with Crippen molar-refractivity contribution >= 4 is 23.3 Å². The lowest BCUT2D eigenvalue weighted by Gasteiger charge is -2.21. The molecule has 0 aliphatic carbocycles. The quantitative estimate of drug-likeness (QED) is 0.671. The maximum absolute atomic E-state index is 13.3. The van der Waals surface area contributed by atoms with Gasteiger partial charge in [-0.2, -0.15) is 0 Å². The molecule has 1 N–H and O–H groups in total. The van der Waals surface area contributed by atoms with E-state index in [4.69, 9.17) is 0 Å². The molecule has 1 saturated heterocycles. The van der Waals surface area contributed by atoms with Gasteiger partial charge in [-0.1, -0.05) is 30.3 Å². The first-order chi connectivity index (χ1) is 15.6. The number of nitrogens with zero attached hydrogens (tertiary/aromatic N) is 3. The van der Waals surface area contributed by atoms with Crippen molar-refractivity contribution in [3.63, 3.8) is 0 Å². The number of likely N-dealkylation sites (tertiary alicyclic amines) is 1. The summed E-state index contributed by atoms with van der Waals surface area (Å²) < 4.78 is 13.1. The molecule has 32 heavy (non-hydrogen) atoms. The lowest BCUT2D eigenvalue weighted by molar-refractivity contribution is -0.128. The van der Waals surface area contributed by atoms with Gasteiger partial charge in [0.15, 0.2) is 0 Å². The largest absolute Gasteiger partial charge is 0.358 e. The molecule has 5 rings (SSSR count). The third-order valence-electron chi connectivity index (χ3n) is 6.07. The summed E-state index contributed by atoms with van der Waals surface area (Å²) in [7, 11) is 0. The Labute approximate surface area is 185 Å². The lowest BCUT2D eigenvalue weighted by atomic mass is 10.1. The highest BCUT2D eigenvalue weighted by Gasteiger charge is 2.33. The molecule has 162 valence electrons. The average molecular weight is 430 g/mol. The molecule has 0 spiro atoms. The zero-order valence-electron chi connectivity index (χ0n) is 17.5. The zero-order chi connectivity index (χ0) is 22.1. The van der Waals surface area contributed by atoms with Crippen LogP contribution in [0.25, 0.3) is 0 Å². The number of amides is 2. The first-order valence-electron chi connectivity index (χ1n) is 10.7. The van der Waals surface area contributed by atoms with E-state index in [1.54, 1.807) is 40.3 Å². The third-order valence-corrected chi connectivity index (χ3v) is 6.07. The predicted octanol–water partition coefficient (Wildman–Crippen LogP) is 3.64. The summed E-state index contributed by atoms with van der Waals surface area (Å²) in [6.45, 7) is 1.64. The molecular formula is C25H23FN4O2. The van der Waals surface area contributed by atoms with Crippen LogP contribution in [0.1, 0.15) is 27.9 Å². The summed E-state index contributed by atoms with van der Waals surface area (Å²) in [5.74, 6) is -0.0538. The summed E-state index contributed by atoms with van der Waals surface area (Å²) >= 11 is 0. The Morgan fingerprint density at radius 1 is 1.06 bits per heavy atom. The van der Waals surface area contributed by atoms with Gasteiger partial charge >= 0.3 is 0 Å². The van der Waals surface area contributed by atoms with Crippen molar-refractivity contribution in [3.8, 4) is 0 Å². The highest BCUT2D eigenvalue weighted by Crippen LogP contribution is 2.30. The van der Waals surface area contributed by atoms with Crippen molar-refractivity contribution < 1.29 is 14.0 Å². The standard InChI is InChI=1S/C25H23FN4O2/c26-19-9-7-17(8-10-19)16-29-14-12-21(25(29)32)28-23-20(5-3-13-27-23)24(31)30-15-11-18-4-1-2-6-22(18)30/h1-10,13,21H,11-12,14-16H2,(H,27,28). The van der Waals surface area contributed by atoms with Crippen molar-refractivity contribution in [3.05, 3.63) is 89.4 Å².